The lowest BCUT2D eigenvalue weighted by Crippen LogP contribution is -2.35. The van der Waals surface area contributed by atoms with E-state index < -0.39 is 16.6 Å². The summed E-state index contributed by atoms with van der Waals surface area (Å²) in [6.07, 6.45) is 5.37. The number of rotatable bonds is 7. The maximum absolute atomic E-state index is 12.9. The van der Waals surface area contributed by atoms with Gasteiger partial charge in [-0.3, -0.25) is 4.79 Å². The predicted octanol–water partition coefficient (Wildman–Crippen LogP) is 4.32. The zero-order valence-corrected chi connectivity index (χ0v) is 18.9. The topological polar surface area (TPSA) is 75.7 Å². The minimum atomic E-state index is -3.74. The second kappa shape index (κ2) is 10.0. The number of halogens is 2. The zero-order valence-electron chi connectivity index (χ0n) is 18.1. The Bertz CT molecular complexity index is 1160. The number of amides is 1. The van der Waals surface area contributed by atoms with Gasteiger partial charge in [-0.25, -0.2) is 13.1 Å². The molecule has 2 aliphatic rings. The second-order valence-electron chi connectivity index (χ2n) is 8.23. The van der Waals surface area contributed by atoms with Crippen molar-refractivity contribution in [3.63, 3.8) is 0 Å². The first-order valence-corrected chi connectivity index (χ1v) is 12.5. The van der Waals surface area contributed by atoms with Gasteiger partial charge in [-0.2, -0.15) is 8.78 Å². The SMILES string of the molecule is O=C(c1cccc(CNS(=O)(=O)C2=Cc3ccc(OC(F)F)cc3CC2)c1)N1CCCCC1. The van der Waals surface area contributed by atoms with Gasteiger partial charge in [-0.1, -0.05) is 18.2 Å². The fourth-order valence-electron chi connectivity index (χ4n) is 4.20. The van der Waals surface area contributed by atoms with E-state index in [1.54, 1.807) is 36.4 Å². The Morgan fingerprint density at radius 3 is 2.61 bits per heavy atom. The molecule has 1 aliphatic carbocycles. The molecule has 6 nitrogen and oxygen atoms in total. The van der Waals surface area contributed by atoms with Crippen LogP contribution in [0.25, 0.3) is 6.08 Å². The smallest absolute Gasteiger partial charge is 0.387 e. The van der Waals surface area contributed by atoms with Crippen LogP contribution in [0, 0.1) is 0 Å². The number of fused-ring (bicyclic) bond motifs is 1. The van der Waals surface area contributed by atoms with Gasteiger partial charge in [-0.15, -0.1) is 0 Å². The van der Waals surface area contributed by atoms with Gasteiger partial charge in [0.1, 0.15) is 5.75 Å². The van der Waals surface area contributed by atoms with Crippen molar-refractivity contribution in [1.29, 1.82) is 0 Å². The molecule has 1 fully saturated rings. The monoisotopic (exact) mass is 476 g/mol. The minimum absolute atomic E-state index is 0.0267. The summed E-state index contributed by atoms with van der Waals surface area (Å²) in [6.45, 7) is -1.34. The van der Waals surface area contributed by atoms with Crippen LogP contribution in [0.15, 0.2) is 47.4 Å². The van der Waals surface area contributed by atoms with Gasteiger partial charge < -0.3 is 9.64 Å². The third-order valence-corrected chi connectivity index (χ3v) is 7.46. The van der Waals surface area contributed by atoms with E-state index in [2.05, 4.69) is 9.46 Å². The number of hydrogen-bond acceptors (Lipinski definition) is 4. The Labute approximate surface area is 192 Å². The lowest BCUT2D eigenvalue weighted by Gasteiger charge is -2.26. The molecule has 0 radical (unpaired) electrons. The predicted molar refractivity (Wildman–Crippen MR) is 121 cm³/mol. The number of piperidine rings is 1. The van der Waals surface area contributed by atoms with Crippen LogP contribution in [0.1, 0.15) is 52.7 Å². The quantitative estimate of drug-likeness (QED) is 0.646. The summed E-state index contributed by atoms with van der Waals surface area (Å²) in [5.74, 6) is 0.0294. The summed E-state index contributed by atoms with van der Waals surface area (Å²) in [7, 11) is -3.74. The average molecular weight is 477 g/mol. The van der Waals surface area contributed by atoms with Crippen LogP contribution < -0.4 is 9.46 Å². The van der Waals surface area contributed by atoms with Crippen molar-refractivity contribution in [3.8, 4) is 5.75 Å². The Morgan fingerprint density at radius 2 is 1.85 bits per heavy atom. The summed E-state index contributed by atoms with van der Waals surface area (Å²) in [6, 6.07) is 11.5. The first-order valence-electron chi connectivity index (χ1n) is 11.0. The van der Waals surface area contributed by atoms with Gasteiger partial charge in [0.25, 0.3) is 5.91 Å². The molecule has 2 aromatic rings. The van der Waals surface area contributed by atoms with Crippen molar-refractivity contribution in [2.24, 2.45) is 0 Å². The molecular weight excluding hydrogens is 450 g/mol. The normalized spacial score (nSPS) is 16.3. The zero-order chi connectivity index (χ0) is 23.4. The second-order valence-corrected chi connectivity index (χ2v) is 10.0. The van der Waals surface area contributed by atoms with E-state index >= 15 is 0 Å². The largest absolute Gasteiger partial charge is 0.435 e. The van der Waals surface area contributed by atoms with Gasteiger partial charge in [0.2, 0.25) is 10.0 Å². The molecule has 1 aliphatic heterocycles. The molecule has 0 atom stereocenters. The molecule has 1 saturated heterocycles. The summed E-state index contributed by atoms with van der Waals surface area (Å²) >= 11 is 0. The first kappa shape index (κ1) is 23.4. The summed E-state index contributed by atoms with van der Waals surface area (Å²) in [5, 5.41) is 0. The lowest BCUT2D eigenvalue weighted by molar-refractivity contribution is -0.0498. The molecule has 1 heterocycles. The minimum Gasteiger partial charge on any atom is -0.435 e. The maximum atomic E-state index is 12.9. The molecule has 9 heteroatoms. The first-order chi connectivity index (χ1) is 15.8. The van der Waals surface area contributed by atoms with Gasteiger partial charge >= 0.3 is 6.61 Å². The Balaban J connectivity index is 1.43. The van der Waals surface area contributed by atoms with Crippen molar-refractivity contribution in [2.75, 3.05) is 13.1 Å². The number of sulfonamides is 1. The fraction of sp³-hybridized carbons (Fsp3) is 0.375. The van der Waals surface area contributed by atoms with Crippen LogP contribution in [-0.4, -0.2) is 38.9 Å². The van der Waals surface area contributed by atoms with Crippen molar-refractivity contribution >= 4 is 22.0 Å². The molecule has 176 valence electrons. The molecule has 1 N–H and O–H groups in total. The highest BCUT2D eigenvalue weighted by Crippen LogP contribution is 2.30. The number of aryl methyl sites for hydroxylation is 1. The molecule has 1 amide bonds. The van der Waals surface area contributed by atoms with E-state index in [9.17, 15) is 22.0 Å². The van der Waals surface area contributed by atoms with Crippen LogP contribution in [0.3, 0.4) is 0 Å². The van der Waals surface area contributed by atoms with Gasteiger partial charge in [0.15, 0.2) is 0 Å². The molecule has 2 aromatic carbocycles. The number of allylic oxidation sites excluding steroid dienone is 1. The molecule has 4 rings (SSSR count). The van der Waals surface area contributed by atoms with Crippen molar-refractivity contribution in [2.45, 2.75) is 45.3 Å². The molecular formula is C24H26F2N2O4S. The van der Waals surface area contributed by atoms with Crippen molar-refractivity contribution in [1.82, 2.24) is 9.62 Å². The van der Waals surface area contributed by atoms with Gasteiger partial charge in [0.05, 0.1) is 4.91 Å². The summed E-state index contributed by atoms with van der Waals surface area (Å²) in [4.78, 5) is 14.8. The van der Waals surface area contributed by atoms with E-state index in [1.165, 1.54) is 12.1 Å². The van der Waals surface area contributed by atoms with E-state index in [0.717, 1.165) is 37.9 Å². The number of nitrogens with one attached hydrogen (secondary N) is 1. The number of likely N-dealkylation sites (tertiary alicyclic amines) is 1. The maximum Gasteiger partial charge on any atom is 0.387 e. The molecule has 0 spiro atoms. The number of hydrogen-bond donors (Lipinski definition) is 1. The standard InChI is InChI=1S/C24H26F2N2O4S/c25-24(26)32-21-9-7-19-15-22(10-8-18(19)14-21)33(30,31)27-16-17-5-4-6-20(13-17)23(29)28-11-2-1-3-12-28/h4-7,9,13-15,24,27H,1-3,8,10-12,16H2. The highest BCUT2D eigenvalue weighted by Gasteiger charge is 2.23. The summed E-state index contributed by atoms with van der Waals surface area (Å²) in [5.41, 5.74) is 2.68. The summed E-state index contributed by atoms with van der Waals surface area (Å²) < 4.78 is 57.6. The molecule has 0 aromatic heterocycles. The van der Waals surface area contributed by atoms with Crippen LogP contribution in [0.5, 0.6) is 5.75 Å². The van der Waals surface area contributed by atoms with Crippen molar-refractivity contribution < 1.29 is 26.7 Å². The average Bonchev–Trinajstić information content (AvgIpc) is 2.82. The third kappa shape index (κ3) is 5.78. The highest BCUT2D eigenvalue weighted by atomic mass is 32.2. The van der Waals surface area contributed by atoms with E-state index in [4.69, 9.17) is 0 Å². The molecule has 0 unspecified atom stereocenters. The number of ether oxygens (including phenoxy) is 1. The Morgan fingerprint density at radius 1 is 1.06 bits per heavy atom. The van der Waals surface area contributed by atoms with E-state index in [-0.39, 0.29) is 29.5 Å². The number of carbonyl (C=O) groups is 1. The van der Waals surface area contributed by atoms with Gasteiger partial charge in [-0.05, 0) is 79.1 Å². The number of carbonyl (C=O) groups excluding carboxylic acids is 1. The van der Waals surface area contributed by atoms with Crippen LogP contribution in [0.4, 0.5) is 8.78 Å². The van der Waals surface area contributed by atoms with E-state index in [1.807, 2.05) is 4.90 Å². The Hall–Kier alpha value is -2.78. The molecule has 0 bridgehead atoms. The number of benzene rings is 2. The molecule has 33 heavy (non-hydrogen) atoms. The van der Waals surface area contributed by atoms with Crippen LogP contribution in [0.2, 0.25) is 0 Å². The van der Waals surface area contributed by atoms with Gasteiger partial charge in [0, 0.05) is 25.2 Å². The van der Waals surface area contributed by atoms with Crippen LogP contribution >= 0.6 is 0 Å². The number of nitrogens with zero attached hydrogens (tertiary/aromatic N) is 1. The lowest BCUT2D eigenvalue weighted by atomic mass is 9.97. The van der Waals surface area contributed by atoms with Crippen molar-refractivity contribution in [3.05, 3.63) is 69.6 Å². The van der Waals surface area contributed by atoms with E-state index in [0.29, 0.717) is 23.1 Å². The molecule has 0 saturated carbocycles. The Kier molecular flexibility index (Phi) is 7.09. The fourth-order valence-corrected chi connectivity index (χ4v) is 5.39. The van der Waals surface area contributed by atoms with Crippen LogP contribution in [-0.2, 0) is 23.0 Å². The third-order valence-electron chi connectivity index (χ3n) is 5.93. The number of alkyl halides is 2. The highest BCUT2D eigenvalue weighted by molar-refractivity contribution is 7.93.